The number of H-pyrrole nitrogens is 1. The van der Waals surface area contributed by atoms with Crippen molar-refractivity contribution in [2.24, 2.45) is 0 Å². The van der Waals surface area contributed by atoms with Crippen LogP contribution in [-0.2, 0) is 9.53 Å². The van der Waals surface area contributed by atoms with Crippen LogP contribution >= 0.6 is 0 Å². The van der Waals surface area contributed by atoms with Crippen molar-refractivity contribution in [3.63, 3.8) is 0 Å². The molecule has 0 saturated carbocycles. The van der Waals surface area contributed by atoms with E-state index in [1.165, 1.54) is 18.3 Å². The van der Waals surface area contributed by atoms with E-state index in [1.807, 2.05) is 0 Å². The Morgan fingerprint density at radius 1 is 1.38 bits per heavy atom. The molecule has 6 nitrogen and oxygen atoms in total. The maximum absolute atomic E-state index is 12.3. The van der Waals surface area contributed by atoms with Crippen LogP contribution in [0.3, 0.4) is 0 Å². The minimum absolute atomic E-state index is 0.0799. The molecule has 1 aromatic heterocycles. The lowest BCUT2D eigenvalue weighted by molar-refractivity contribution is -0.131. The fourth-order valence-corrected chi connectivity index (χ4v) is 1.87. The van der Waals surface area contributed by atoms with Crippen LogP contribution in [0.15, 0.2) is 35.3 Å². The minimum Gasteiger partial charge on any atom is -0.478 e. The molecule has 2 rings (SSSR count). The number of fused-ring (bicyclic) bond motifs is 1. The Hall–Kier alpha value is -2.89. The second kappa shape index (κ2) is 6.04. The number of nitrogens with one attached hydrogen (secondary N) is 1. The first kappa shape index (κ1) is 14.5. The third-order valence-corrected chi connectivity index (χ3v) is 2.82. The Bertz CT molecular complexity index is 788. The summed E-state index contributed by atoms with van der Waals surface area (Å²) in [5, 5.41) is 8.90. The monoisotopic (exact) mass is 287 g/mol. The van der Waals surface area contributed by atoms with E-state index < -0.39 is 17.4 Å². The predicted molar refractivity (Wildman–Crippen MR) is 77.2 cm³/mol. The molecule has 0 unspecified atom stereocenters. The molecule has 108 valence electrons. The number of aliphatic carboxylic acids is 1. The van der Waals surface area contributed by atoms with E-state index >= 15 is 0 Å². The van der Waals surface area contributed by atoms with Gasteiger partial charge in [0.25, 0.3) is 0 Å². The molecule has 21 heavy (non-hydrogen) atoms. The first-order chi connectivity index (χ1) is 10.0. The number of ether oxygens (including phenoxy) is 1. The number of pyridine rings is 1. The summed E-state index contributed by atoms with van der Waals surface area (Å²) in [4.78, 5) is 37.3. The second-order valence-electron chi connectivity index (χ2n) is 4.23. The zero-order valence-electron chi connectivity index (χ0n) is 11.3. The maximum Gasteiger partial charge on any atom is 0.343 e. The molecule has 0 aliphatic heterocycles. The highest BCUT2D eigenvalue weighted by Gasteiger charge is 2.13. The van der Waals surface area contributed by atoms with Crippen molar-refractivity contribution in [3.05, 3.63) is 51.8 Å². The molecule has 0 radical (unpaired) electrons. The number of benzene rings is 1. The molecule has 0 bridgehead atoms. The van der Waals surface area contributed by atoms with Crippen LogP contribution in [0.4, 0.5) is 0 Å². The molecule has 0 fully saturated rings. The molecule has 0 aliphatic carbocycles. The molecule has 1 aromatic carbocycles. The molecule has 6 heteroatoms. The van der Waals surface area contributed by atoms with E-state index in [4.69, 9.17) is 9.84 Å². The number of aromatic nitrogens is 1. The van der Waals surface area contributed by atoms with E-state index in [0.29, 0.717) is 16.5 Å². The maximum atomic E-state index is 12.3. The summed E-state index contributed by atoms with van der Waals surface area (Å²) in [5.74, 6) is -1.77. The fraction of sp³-hybridized carbons (Fsp3) is 0.133. The third kappa shape index (κ3) is 3.17. The lowest BCUT2D eigenvalue weighted by atomic mass is 10.1. The van der Waals surface area contributed by atoms with E-state index in [9.17, 15) is 14.4 Å². The van der Waals surface area contributed by atoms with Gasteiger partial charge in [0.2, 0.25) is 5.43 Å². The molecule has 0 atom stereocenters. The summed E-state index contributed by atoms with van der Waals surface area (Å²) >= 11 is 0. The Balaban J connectivity index is 2.54. The first-order valence-corrected chi connectivity index (χ1v) is 6.26. The Kier molecular flexibility index (Phi) is 4.18. The van der Waals surface area contributed by atoms with Gasteiger partial charge in [-0.3, -0.25) is 4.79 Å². The molecular formula is C15H13NO5. The number of hydrogen-bond donors (Lipinski definition) is 2. The van der Waals surface area contributed by atoms with Gasteiger partial charge in [0.15, 0.2) is 0 Å². The average Bonchev–Trinajstić information content (AvgIpc) is 2.46. The number of carbonyl (C=O) groups is 2. The van der Waals surface area contributed by atoms with E-state index in [1.54, 1.807) is 19.1 Å². The van der Waals surface area contributed by atoms with Gasteiger partial charge in [-0.15, -0.1) is 0 Å². The molecule has 2 N–H and O–H groups in total. The van der Waals surface area contributed by atoms with Crippen LogP contribution in [-0.4, -0.2) is 28.6 Å². The van der Waals surface area contributed by atoms with Gasteiger partial charge < -0.3 is 14.8 Å². The second-order valence-corrected chi connectivity index (χ2v) is 4.23. The molecule has 1 heterocycles. The lowest BCUT2D eigenvalue weighted by Crippen LogP contribution is -2.18. The van der Waals surface area contributed by atoms with Gasteiger partial charge in [-0.25, -0.2) is 9.59 Å². The standard InChI is InChI=1S/C15H13NO5/c1-2-21-15(20)11-8-16-12-5-3-9(4-6-13(17)18)7-10(12)14(11)19/h3-8H,2H2,1H3,(H,16,19)(H,17,18). The van der Waals surface area contributed by atoms with E-state index in [2.05, 4.69) is 4.98 Å². The fourth-order valence-electron chi connectivity index (χ4n) is 1.87. The van der Waals surface area contributed by atoms with Crippen molar-refractivity contribution in [2.45, 2.75) is 6.92 Å². The van der Waals surface area contributed by atoms with Crippen LogP contribution < -0.4 is 5.43 Å². The normalized spacial score (nSPS) is 10.9. The first-order valence-electron chi connectivity index (χ1n) is 6.26. The molecule has 0 spiro atoms. The summed E-state index contributed by atoms with van der Waals surface area (Å²) in [6.07, 6.45) is 3.66. The Morgan fingerprint density at radius 2 is 2.14 bits per heavy atom. The Morgan fingerprint density at radius 3 is 2.81 bits per heavy atom. The number of hydrogen-bond acceptors (Lipinski definition) is 4. The average molecular weight is 287 g/mol. The number of carboxylic acids is 1. The van der Waals surface area contributed by atoms with Crippen LogP contribution in [0.1, 0.15) is 22.8 Å². The highest BCUT2D eigenvalue weighted by atomic mass is 16.5. The SMILES string of the molecule is CCOC(=O)c1c[nH]c2ccc(C=CC(=O)O)cc2c1=O. The van der Waals surface area contributed by atoms with Gasteiger partial charge >= 0.3 is 11.9 Å². The summed E-state index contributed by atoms with van der Waals surface area (Å²) in [5.41, 5.74) is 0.577. The smallest absolute Gasteiger partial charge is 0.343 e. The van der Waals surface area contributed by atoms with Gasteiger partial charge in [0.05, 0.1) is 6.61 Å². The van der Waals surface area contributed by atoms with Gasteiger partial charge in [0, 0.05) is 23.2 Å². The summed E-state index contributed by atoms with van der Waals surface area (Å²) in [6, 6.07) is 4.84. The zero-order valence-corrected chi connectivity index (χ0v) is 11.3. The largest absolute Gasteiger partial charge is 0.478 e. The summed E-state index contributed by atoms with van der Waals surface area (Å²) in [6.45, 7) is 1.83. The number of rotatable bonds is 4. The van der Waals surface area contributed by atoms with Crippen LogP contribution in [0.25, 0.3) is 17.0 Å². The molecule has 0 amide bonds. The molecule has 2 aromatic rings. The van der Waals surface area contributed by atoms with Crippen molar-refractivity contribution in [3.8, 4) is 0 Å². The highest BCUT2D eigenvalue weighted by molar-refractivity contribution is 5.94. The van der Waals surface area contributed by atoms with Crippen LogP contribution in [0.2, 0.25) is 0 Å². The summed E-state index contributed by atoms with van der Waals surface area (Å²) < 4.78 is 4.82. The Labute approximate surface area is 119 Å². The third-order valence-electron chi connectivity index (χ3n) is 2.82. The highest BCUT2D eigenvalue weighted by Crippen LogP contribution is 2.13. The zero-order chi connectivity index (χ0) is 15.4. The topological polar surface area (TPSA) is 96.5 Å². The number of esters is 1. The minimum atomic E-state index is -1.08. The predicted octanol–water partition coefficient (Wildman–Crippen LogP) is 1.80. The van der Waals surface area contributed by atoms with Gasteiger partial charge in [-0.2, -0.15) is 0 Å². The van der Waals surface area contributed by atoms with E-state index in [-0.39, 0.29) is 12.2 Å². The van der Waals surface area contributed by atoms with Gasteiger partial charge in [0.1, 0.15) is 5.56 Å². The van der Waals surface area contributed by atoms with Gasteiger partial charge in [-0.1, -0.05) is 6.07 Å². The quantitative estimate of drug-likeness (QED) is 0.660. The number of carboxylic acid groups (broad SMARTS) is 1. The van der Waals surface area contributed by atoms with Crippen molar-refractivity contribution >= 4 is 28.9 Å². The molecular weight excluding hydrogens is 274 g/mol. The molecule has 0 saturated heterocycles. The van der Waals surface area contributed by atoms with Crippen molar-refractivity contribution in [1.29, 1.82) is 0 Å². The van der Waals surface area contributed by atoms with Crippen molar-refractivity contribution in [2.75, 3.05) is 6.61 Å². The van der Waals surface area contributed by atoms with Crippen LogP contribution in [0, 0.1) is 0 Å². The van der Waals surface area contributed by atoms with Gasteiger partial charge in [-0.05, 0) is 30.7 Å². The number of aromatic amines is 1. The summed E-state index contributed by atoms with van der Waals surface area (Å²) in [7, 11) is 0. The number of carbonyl (C=O) groups excluding carboxylic acids is 1. The lowest BCUT2D eigenvalue weighted by Gasteiger charge is -2.04. The van der Waals surface area contributed by atoms with Crippen molar-refractivity contribution < 1.29 is 19.4 Å². The van der Waals surface area contributed by atoms with E-state index in [0.717, 1.165) is 6.08 Å². The van der Waals surface area contributed by atoms with Crippen LogP contribution in [0.5, 0.6) is 0 Å². The molecule has 0 aliphatic rings. The van der Waals surface area contributed by atoms with Crippen molar-refractivity contribution in [1.82, 2.24) is 4.98 Å².